The van der Waals surface area contributed by atoms with Crippen LogP contribution >= 0.6 is 0 Å². The Labute approximate surface area is 99.9 Å². The molecule has 16 heavy (non-hydrogen) atoms. The molecule has 2 aliphatic rings. The van der Waals surface area contributed by atoms with E-state index in [0.29, 0.717) is 23.2 Å². The molecule has 0 spiro atoms. The Morgan fingerprint density at radius 3 is 2.69 bits per heavy atom. The number of fused-ring (bicyclic) bond motifs is 1. The van der Waals surface area contributed by atoms with Crippen LogP contribution in [0.5, 0.6) is 0 Å². The fourth-order valence-electron chi connectivity index (χ4n) is 4.07. The molecule has 0 aromatic rings. The van der Waals surface area contributed by atoms with Crippen molar-refractivity contribution in [1.82, 2.24) is 0 Å². The van der Waals surface area contributed by atoms with E-state index in [0.717, 1.165) is 0 Å². The Kier molecular flexibility index (Phi) is 3.18. The van der Waals surface area contributed by atoms with Crippen LogP contribution in [0.25, 0.3) is 0 Å². The summed E-state index contributed by atoms with van der Waals surface area (Å²) in [4.78, 5) is 0. The predicted molar refractivity (Wildman–Crippen MR) is 68.2 cm³/mol. The van der Waals surface area contributed by atoms with Crippen molar-refractivity contribution in [1.29, 1.82) is 0 Å². The van der Waals surface area contributed by atoms with Gasteiger partial charge < -0.3 is 5.11 Å². The van der Waals surface area contributed by atoms with E-state index in [1.807, 2.05) is 0 Å². The highest BCUT2D eigenvalue weighted by atomic mass is 16.3. The zero-order valence-corrected chi connectivity index (χ0v) is 11.2. The van der Waals surface area contributed by atoms with Gasteiger partial charge in [-0.2, -0.15) is 0 Å². The molecule has 0 bridgehead atoms. The first-order chi connectivity index (χ1) is 7.46. The van der Waals surface area contributed by atoms with Gasteiger partial charge in [0.15, 0.2) is 0 Å². The SMILES string of the molecule is CC1=CCC[C@]2(C)CC[C@@H](C(C)C)[C@H](O)[C@H]12. The number of aliphatic hydroxyl groups excluding tert-OH is 1. The molecule has 2 aliphatic carbocycles. The number of allylic oxidation sites excluding steroid dienone is 1. The molecule has 1 N–H and O–H groups in total. The van der Waals surface area contributed by atoms with E-state index in [2.05, 4.69) is 33.8 Å². The van der Waals surface area contributed by atoms with Gasteiger partial charge in [0.1, 0.15) is 0 Å². The van der Waals surface area contributed by atoms with Crippen LogP contribution < -0.4 is 0 Å². The summed E-state index contributed by atoms with van der Waals surface area (Å²) in [6.07, 6.45) is 7.20. The van der Waals surface area contributed by atoms with E-state index in [4.69, 9.17) is 0 Å². The third-order valence-electron chi connectivity index (χ3n) is 5.11. The summed E-state index contributed by atoms with van der Waals surface area (Å²) in [6, 6.07) is 0. The Hall–Kier alpha value is -0.300. The van der Waals surface area contributed by atoms with E-state index in [-0.39, 0.29) is 6.10 Å². The molecular weight excluding hydrogens is 196 g/mol. The molecule has 0 aliphatic heterocycles. The summed E-state index contributed by atoms with van der Waals surface area (Å²) in [7, 11) is 0. The Morgan fingerprint density at radius 1 is 1.38 bits per heavy atom. The minimum absolute atomic E-state index is 0.115. The topological polar surface area (TPSA) is 20.2 Å². The van der Waals surface area contributed by atoms with Crippen molar-refractivity contribution in [2.75, 3.05) is 0 Å². The van der Waals surface area contributed by atoms with Crippen molar-refractivity contribution >= 4 is 0 Å². The average Bonchev–Trinajstić information content (AvgIpc) is 2.16. The van der Waals surface area contributed by atoms with Crippen molar-refractivity contribution in [2.45, 2.75) is 59.5 Å². The molecule has 1 saturated carbocycles. The maximum absolute atomic E-state index is 10.6. The van der Waals surface area contributed by atoms with Gasteiger partial charge in [-0.25, -0.2) is 0 Å². The molecule has 1 heteroatoms. The van der Waals surface area contributed by atoms with Crippen LogP contribution in [0, 0.1) is 23.2 Å². The van der Waals surface area contributed by atoms with E-state index >= 15 is 0 Å². The second kappa shape index (κ2) is 4.18. The fraction of sp³-hybridized carbons (Fsp3) is 0.867. The van der Waals surface area contributed by atoms with Gasteiger partial charge >= 0.3 is 0 Å². The summed E-state index contributed by atoms with van der Waals surface area (Å²) < 4.78 is 0. The van der Waals surface area contributed by atoms with Crippen molar-refractivity contribution in [3.63, 3.8) is 0 Å². The molecule has 0 saturated heterocycles. The molecule has 92 valence electrons. The molecule has 1 fully saturated rings. The Morgan fingerprint density at radius 2 is 2.06 bits per heavy atom. The highest BCUT2D eigenvalue weighted by molar-refractivity contribution is 5.17. The number of aliphatic hydroxyl groups is 1. The van der Waals surface area contributed by atoms with Gasteiger partial charge in [-0.3, -0.25) is 0 Å². The molecule has 0 amide bonds. The lowest BCUT2D eigenvalue weighted by atomic mass is 9.55. The summed E-state index contributed by atoms with van der Waals surface area (Å²) in [6.45, 7) is 9.10. The van der Waals surface area contributed by atoms with Crippen LogP contribution in [0.1, 0.15) is 53.4 Å². The zero-order valence-electron chi connectivity index (χ0n) is 11.2. The molecule has 0 unspecified atom stereocenters. The maximum Gasteiger partial charge on any atom is 0.0641 e. The minimum Gasteiger partial charge on any atom is -0.392 e. The van der Waals surface area contributed by atoms with Gasteiger partial charge in [-0.05, 0) is 49.9 Å². The van der Waals surface area contributed by atoms with E-state index in [1.54, 1.807) is 0 Å². The summed E-state index contributed by atoms with van der Waals surface area (Å²) >= 11 is 0. The van der Waals surface area contributed by atoms with Crippen LogP contribution in [-0.4, -0.2) is 11.2 Å². The minimum atomic E-state index is -0.115. The normalized spacial score (nSPS) is 44.1. The standard InChI is InChI=1S/C15H26O/c1-10(2)12-7-9-15(4)8-5-6-11(3)13(15)14(12)16/h6,10,12-14,16H,5,7-9H2,1-4H3/t12-,13-,14-,15+/m0/s1. The van der Waals surface area contributed by atoms with Gasteiger partial charge in [-0.15, -0.1) is 0 Å². The Balaban J connectivity index is 2.27. The highest BCUT2D eigenvalue weighted by Crippen LogP contribution is 2.53. The zero-order chi connectivity index (χ0) is 11.9. The molecule has 0 aromatic heterocycles. The lowest BCUT2D eigenvalue weighted by Gasteiger charge is -2.51. The number of hydrogen-bond donors (Lipinski definition) is 1. The van der Waals surface area contributed by atoms with Gasteiger partial charge in [-0.1, -0.05) is 32.4 Å². The van der Waals surface area contributed by atoms with Crippen LogP contribution in [0.4, 0.5) is 0 Å². The molecule has 1 nitrogen and oxygen atoms in total. The fourth-order valence-corrected chi connectivity index (χ4v) is 4.07. The quantitative estimate of drug-likeness (QED) is 0.669. The third kappa shape index (κ3) is 1.84. The van der Waals surface area contributed by atoms with Crippen molar-refractivity contribution in [3.05, 3.63) is 11.6 Å². The second-order valence-electron chi connectivity index (χ2n) is 6.56. The summed E-state index contributed by atoms with van der Waals surface area (Å²) in [5.41, 5.74) is 1.80. The first-order valence-corrected chi connectivity index (χ1v) is 6.80. The van der Waals surface area contributed by atoms with E-state index in [9.17, 15) is 5.11 Å². The Bertz CT molecular complexity index is 292. The summed E-state index contributed by atoms with van der Waals surface area (Å²) in [5, 5.41) is 10.6. The largest absolute Gasteiger partial charge is 0.392 e. The molecule has 0 aromatic carbocycles. The van der Waals surface area contributed by atoms with Crippen LogP contribution in [0.3, 0.4) is 0 Å². The number of hydrogen-bond acceptors (Lipinski definition) is 1. The predicted octanol–water partition coefficient (Wildman–Crippen LogP) is 3.78. The van der Waals surface area contributed by atoms with Gasteiger partial charge in [0.05, 0.1) is 6.10 Å². The van der Waals surface area contributed by atoms with Gasteiger partial charge in [0, 0.05) is 5.92 Å². The van der Waals surface area contributed by atoms with Crippen LogP contribution in [0.15, 0.2) is 11.6 Å². The van der Waals surface area contributed by atoms with Crippen molar-refractivity contribution in [2.24, 2.45) is 23.2 Å². The highest BCUT2D eigenvalue weighted by Gasteiger charge is 2.47. The average molecular weight is 222 g/mol. The monoisotopic (exact) mass is 222 g/mol. The number of rotatable bonds is 1. The van der Waals surface area contributed by atoms with Gasteiger partial charge in [0.25, 0.3) is 0 Å². The molecule has 4 atom stereocenters. The molecule has 2 rings (SSSR count). The van der Waals surface area contributed by atoms with Gasteiger partial charge in [0.2, 0.25) is 0 Å². The van der Waals surface area contributed by atoms with Crippen molar-refractivity contribution < 1.29 is 5.11 Å². The molecular formula is C15H26O. The summed E-state index contributed by atoms with van der Waals surface area (Å²) in [5.74, 6) is 1.52. The first-order valence-electron chi connectivity index (χ1n) is 6.80. The molecule has 0 radical (unpaired) electrons. The smallest absolute Gasteiger partial charge is 0.0641 e. The second-order valence-corrected chi connectivity index (χ2v) is 6.56. The van der Waals surface area contributed by atoms with Crippen LogP contribution in [0.2, 0.25) is 0 Å². The molecule has 0 heterocycles. The lowest BCUT2D eigenvalue weighted by molar-refractivity contribution is -0.0609. The third-order valence-corrected chi connectivity index (χ3v) is 5.11. The van der Waals surface area contributed by atoms with Crippen molar-refractivity contribution in [3.8, 4) is 0 Å². The maximum atomic E-state index is 10.6. The van der Waals surface area contributed by atoms with Crippen LogP contribution in [-0.2, 0) is 0 Å². The van der Waals surface area contributed by atoms with E-state index in [1.165, 1.54) is 31.3 Å². The first kappa shape index (κ1) is 12.2. The lowest BCUT2D eigenvalue weighted by Crippen LogP contribution is -2.48. The van der Waals surface area contributed by atoms with E-state index < -0.39 is 0 Å².